The Hall–Kier alpha value is -0.870. The summed E-state index contributed by atoms with van der Waals surface area (Å²) in [5, 5.41) is 25.2. The van der Waals surface area contributed by atoms with Crippen LogP contribution in [0.15, 0.2) is 12.3 Å². The van der Waals surface area contributed by atoms with Gasteiger partial charge < -0.3 is 20.1 Å². The quantitative estimate of drug-likeness (QED) is 0.365. The number of aldehydes is 1. The number of carbonyl (C=O) groups is 1. The molecule has 1 atom stereocenters. The van der Waals surface area contributed by atoms with Crippen molar-refractivity contribution in [3.63, 3.8) is 0 Å². The lowest BCUT2D eigenvalue weighted by Gasteiger charge is -1.92. The van der Waals surface area contributed by atoms with Gasteiger partial charge >= 0.3 is 0 Å². The molecule has 0 aromatic carbocycles. The van der Waals surface area contributed by atoms with Gasteiger partial charge in [0, 0.05) is 0 Å². The fourth-order valence-corrected chi connectivity index (χ4v) is 0.0430. The molecule has 0 aliphatic carbocycles. The SMILES string of the molecule is C=C(C)[O-].O=C[C@@H](O)CO. The van der Waals surface area contributed by atoms with E-state index in [0.717, 1.165) is 0 Å². The molecule has 0 aromatic rings. The molecule has 0 bridgehead atoms. The van der Waals surface area contributed by atoms with Crippen LogP contribution in [0.1, 0.15) is 6.92 Å². The smallest absolute Gasteiger partial charge is 0.150 e. The summed E-state index contributed by atoms with van der Waals surface area (Å²) in [6.07, 6.45) is -0.912. The van der Waals surface area contributed by atoms with Crippen LogP contribution in [0.2, 0.25) is 0 Å². The largest absolute Gasteiger partial charge is 0.876 e. The number of carbonyl (C=O) groups excluding carboxylic acids is 1. The van der Waals surface area contributed by atoms with Gasteiger partial charge in [-0.1, -0.05) is 6.92 Å². The highest BCUT2D eigenvalue weighted by Crippen LogP contribution is 1.66. The normalized spacial score (nSPS) is 10.7. The van der Waals surface area contributed by atoms with Crippen molar-refractivity contribution in [1.82, 2.24) is 0 Å². The van der Waals surface area contributed by atoms with Gasteiger partial charge in [-0.15, -0.1) is 12.3 Å². The van der Waals surface area contributed by atoms with Crippen LogP contribution in [0.3, 0.4) is 0 Å². The Morgan fingerprint density at radius 2 is 2.20 bits per heavy atom. The summed E-state index contributed by atoms with van der Waals surface area (Å²) in [6, 6.07) is 0. The standard InChI is InChI=1S/C3H6O3.C3H6O/c4-1-3(6)2-5;1-3(2)4/h1,3,5-6H,2H2;4H,1H2,2H3/p-1/t3-;/m1./s1. The van der Waals surface area contributed by atoms with E-state index in [1.54, 1.807) is 0 Å². The molecule has 0 spiro atoms. The minimum Gasteiger partial charge on any atom is -0.876 e. The second-order valence-electron chi connectivity index (χ2n) is 1.59. The highest BCUT2D eigenvalue weighted by atomic mass is 16.3. The van der Waals surface area contributed by atoms with Gasteiger partial charge in [0.05, 0.1) is 6.61 Å². The van der Waals surface area contributed by atoms with Crippen LogP contribution in [0, 0.1) is 0 Å². The predicted molar refractivity (Wildman–Crippen MR) is 34.0 cm³/mol. The van der Waals surface area contributed by atoms with Gasteiger partial charge in [0.2, 0.25) is 0 Å². The fourth-order valence-electron chi connectivity index (χ4n) is 0.0430. The highest BCUT2D eigenvalue weighted by Gasteiger charge is 1.92. The lowest BCUT2D eigenvalue weighted by molar-refractivity contribution is -0.300. The summed E-state index contributed by atoms with van der Waals surface area (Å²) in [7, 11) is 0. The van der Waals surface area contributed by atoms with Crippen LogP contribution in [0.5, 0.6) is 0 Å². The minimum absolute atomic E-state index is 0.0833. The zero-order valence-electron chi connectivity index (χ0n) is 5.78. The molecule has 0 heterocycles. The van der Waals surface area contributed by atoms with Crippen molar-refractivity contribution >= 4 is 6.29 Å². The molecule has 0 aliphatic heterocycles. The predicted octanol–water partition coefficient (Wildman–Crippen LogP) is -1.58. The molecule has 0 unspecified atom stereocenters. The first kappa shape index (κ1) is 11.9. The van der Waals surface area contributed by atoms with Crippen molar-refractivity contribution in [3.8, 4) is 0 Å². The summed E-state index contributed by atoms with van der Waals surface area (Å²) < 4.78 is 0. The second kappa shape index (κ2) is 8.13. The van der Waals surface area contributed by atoms with E-state index in [1.807, 2.05) is 0 Å². The first-order valence-electron chi connectivity index (χ1n) is 2.61. The topological polar surface area (TPSA) is 80.6 Å². The molecule has 0 aliphatic rings. The Bertz CT molecular complexity index is 95.9. The molecule has 60 valence electrons. The molecule has 0 saturated carbocycles. The number of hydrogen-bond donors (Lipinski definition) is 2. The Labute approximate surface area is 59.4 Å². The molecule has 4 heteroatoms. The first-order valence-corrected chi connectivity index (χ1v) is 2.61. The van der Waals surface area contributed by atoms with Gasteiger partial charge in [0.15, 0.2) is 6.29 Å². The third kappa shape index (κ3) is 27.3. The third-order valence-electron chi connectivity index (χ3n) is 0.344. The van der Waals surface area contributed by atoms with E-state index in [4.69, 9.17) is 10.2 Å². The molecular weight excluding hydrogens is 136 g/mol. The Morgan fingerprint density at radius 1 is 1.90 bits per heavy atom. The van der Waals surface area contributed by atoms with Crippen LogP contribution in [-0.4, -0.2) is 29.2 Å². The lowest BCUT2D eigenvalue weighted by atomic mass is 10.4. The maximum atomic E-state index is 9.33. The summed E-state index contributed by atoms with van der Waals surface area (Å²) in [5.74, 6) is -0.0833. The molecule has 10 heavy (non-hydrogen) atoms. The lowest BCUT2D eigenvalue weighted by Crippen LogP contribution is -2.12. The Morgan fingerprint density at radius 3 is 2.20 bits per heavy atom. The molecule has 0 fully saturated rings. The van der Waals surface area contributed by atoms with Crippen LogP contribution in [0.4, 0.5) is 0 Å². The van der Waals surface area contributed by atoms with Gasteiger partial charge in [0.1, 0.15) is 6.10 Å². The van der Waals surface area contributed by atoms with E-state index in [9.17, 15) is 9.90 Å². The third-order valence-corrected chi connectivity index (χ3v) is 0.344. The fraction of sp³-hybridized carbons (Fsp3) is 0.500. The number of allylic oxidation sites excluding steroid dienone is 1. The van der Waals surface area contributed by atoms with Crippen LogP contribution in [0.25, 0.3) is 0 Å². The zero-order valence-corrected chi connectivity index (χ0v) is 5.78. The average Bonchev–Trinajstić information content (AvgIpc) is 1.85. The number of rotatable bonds is 2. The van der Waals surface area contributed by atoms with E-state index < -0.39 is 12.7 Å². The van der Waals surface area contributed by atoms with Crippen LogP contribution < -0.4 is 5.11 Å². The van der Waals surface area contributed by atoms with Crippen LogP contribution >= 0.6 is 0 Å². The van der Waals surface area contributed by atoms with Crippen molar-refractivity contribution in [2.45, 2.75) is 13.0 Å². The first-order chi connectivity index (χ1) is 4.54. The van der Waals surface area contributed by atoms with Gasteiger partial charge in [-0.2, -0.15) is 0 Å². The molecular formula is C6H11O4-. The monoisotopic (exact) mass is 147 g/mol. The van der Waals surface area contributed by atoms with Crippen molar-refractivity contribution in [2.75, 3.05) is 6.61 Å². The average molecular weight is 147 g/mol. The number of aliphatic hydroxyl groups excluding tert-OH is 2. The van der Waals surface area contributed by atoms with Gasteiger partial charge in [-0.05, 0) is 0 Å². The van der Waals surface area contributed by atoms with E-state index in [-0.39, 0.29) is 12.0 Å². The summed E-state index contributed by atoms with van der Waals surface area (Å²) in [4.78, 5) is 9.33. The second-order valence-corrected chi connectivity index (χ2v) is 1.59. The molecule has 0 amide bonds. The molecule has 4 nitrogen and oxygen atoms in total. The molecule has 0 saturated heterocycles. The maximum Gasteiger partial charge on any atom is 0.150 e. The highest BCUT2D eigenvalue weighted by molar-refractivity contribution is 5.55. The van der Waals surface area contributed by atoms with E-state index >= 15 is 0 Å². The maximum absolute atomic E-state index is 9.33. The molecule has 0 radical (unpaired) electrons. The Balaban J connectivity index is 0. The van der Waals surface area contributed by atoms with Crippen molar-refractivity contribution in [1.29, 1.82) is 0 Å². The zero-order chi connectivity index (χ0) is 8.57. The summed E-state index contributed by atoms with van der Waals surface area (Å²) in [6.45, 7) is 3.93. The minimum atomic E-state index is -1.19. The van der Waals surface area contributed by atoms with E-state index in [2.05, 4.69) is 6.58 Å². The van der Waals surface area contributed by atoms with Gasteiger partial charge in [-0.3, -0.25) is 0 Å². The van der Waals surface area contributed by atoms with Gasteiger partial charge in [-0.25, -0.2) is 0 Å². The van der Waals surface area contributed by atoms with Gasteiger partial charge in [0.25, 0.3) is 0 Å². The molecule has 2 N–H and O–H groups in total. The number of hydrogen-bond acceptors (Lipinski definition) is 4. The molecule has 0 aromatic heterocycles. The summed E-state index contributed by atoms with van der Waals surface area (Å²) in [5.41, 5.74) is 0. The molecule has 0 rings (SSSR count). The van der Waals surface area contributed by atoms with Crippen molar-refractivity contribution < 1.29 is 20.1 Å². The van der Waals surface area contributed by atoms with E-state index in [1.165, 1.54) is 6.92 Å². The number of aliphatic hydroxyl groups is 2. The Kier molecular flexibility index (Phi) is 9.65. The summed E-state index contributed by atoms with van der Waals surface area (Å²) >= 11 is 0. The van der Waals surface area contributed by atoms with E-state index in [0.29, 0.717) is 0 Å². The van der Waals surface area contributed by atoms with Crippen LogP contribution in [-0.2, 0) is 4.79 Å². The van der Waals surface area contributed by atoms with Crippen molar-refractivity contribution in [2.24, 2.45) is 0 Å². The van der Waals surface area contributed by atoms with Crippen molar-refractivity contribution in [3.05, 3.63) is 12.3 Å².